The van der Waals surface area contributed by atoms with Crippen molar-refractivity contribution in [3.05, 3.63) is 48.0 Å². The fraction of sp³-hybridized carbons (Fsp3) is 0.286. The molecular weight excluding hydrogens is 484 g/mol. The van der Waals surface area contributed by atoms with Crippen LogP contribution in [0.1, 0.15) is 12.5 Å². The second-order valence-electron chi connectivity index (χ2n) is 7.08. The molecule has 1 atom stereocenters. The largest absolute Gasteiger partial charge is 0.497 e. The Labute approximate surface area is 200 Å². The van der Waals surface area contributed by atoms with Crippen LogP contribution < -0.4 is 19.1 Å². The van der Waals surface area contributed by atoms with Crippen molar-refractivity contribution in [2.45, 2.75) is 29.2 Å². The third-order valence-corrected chi connectivity index (χ3v) is 8.48. The van der Waals surface area contributed by atoms with Crippen LogP contribution in [0.2, 0.25) is 0 Å². The van der Waals surface area contributed by atoms with Gasteiger partial charge in [0.1, 0.15) is 11.5 Å². The molecule has 1 aromatic heterocycles. The van der Waals surface area contributed by atoms with Gasteiger partial charge < -0.3 is 9.47 Å². The molecule has 0 aliphatic carbocycles. The molecule has 9 nitrogen and oxygen atoms in total. The Hall–Kier alpha value is -2.83. The van der Waals surface area contributed by atoms with Gasteiger partial charge in [0.05, 0.1) is 24.2 Å². The fourth-order valence-corrected chi connectivity index (χ4v) is 6.36. The minimum atomic E-state index is -3.97. The lowest BCUT2D eigenvalue weighted by Gasteiger charge is -2.34. The summed E-state index contributed by atoms with van der Waals surface area (Å²) in [6.45, 7) is 3.67. The summed E-state index contributed by atoms with van der Waals surface area (Å²) in [5.41, 5.74) is 1.25. The highest BCUT2D eigenvalue weighted by Crippen LogP contribution is 2.38. The molecule has 0 radical (unpaired) electrons. The highest BCUT2D eigenvalue weighted by atomic mass is 32.2. The number of thioether (sulfide) groups is 1. The first-order valence-electron chi connectivity index (χ1n) is 10.0. The second kappa shape index (κ2) is 9.57. The number of hydrogen-bond donors (Lipinski definition) is 1. The van der Waals surface area contributed by atoms with Crippen LogP contribution in [-0.4, -0.2) is 50.0 Å². The van der Waals surface area contributed by atoms with Gasteiger partial charge in [-0.2, -0.15) is 0 Å². The SMILES string of the molecule is CCSc1nnc(NC(=O)[C@H]2CN(S(=O)(=O)c3ccc(OC)cc3)c3ccc(C)cc3O2)s1. The summed E-state index contributed by atoms with van der Waals surface area (Å²) in [6.07, 6.45) is -1.07. The van der Waals surface area contributed by atoms with E-state index in [1.807, 2.05) is 13.8 Å². The summed E-state index contributed by atoms with van der Waals surface area (Å²) in [5.74, 6) is 1.20. The molecule has 4 rings (SSSR count). The van der Waals surface area contributed by atoms with Crippen molar-refractivity contribution in [1.82, 2.24) is 10.2 Å². The molecule has 0 bridgehead atoms. The van der Waals surface area contributed by atoms with Crippen molar-refractivity contribution in [2.75, 3.05) is 29.0 Å². The Bertz CT molecular complexity index is 1260. The summed E-state index contributed by atoms with van der Waals surface area (Å²) >= 11 is 2.77. The van der Waals surface area contributed by atoms with Gasteiger partial charge in [-0.3, -0.25) is 14.4 Å². The number of nitrogens with one attached hydrogen (secondary N) is 1. The number of carbonyl (C=O) groups excluding carboxylic acids is 1. The molecule has 2 aromatic carbocycles. The first-order valence-corrected chi connectivity index (χ1v) is 13.3. The third-order valence-electron chi connectivity index (χ3n) is 4.83. The van der Waals surface area contributed by atoms with E-state index in [4.69, 9.17) is 9.47 Å². The predicted molar refractivity (Wildman–Crippen MR) is 128 cm³/mol. The zero-order valence-corrected chi connectivity index (χ0v) is 20.6. The van der Waals surface area contributed by atoms with Crippen LogP contribution in [0.25, 0.3) is 0 Å². The maximum Gasteiger partial charge on any atom is 0.269 e. The Kier molecular flexibility index (Phi) is 6.77. The smallest absolute Gasteiger partial charge is 0.269 e. The third kappa shape index (κ3) is 4.92. The standard InChI is InChI=1S/C21H22N4O5S3/c1-4-31-21-24-23-20(32-21)22-19(26)18-12-25(16-10-5-13(2)11-17(16)30-18)33(27,28)15-8-6-14(29-3)7-9-15/h5-11,18H,4,12H2,1-3H3,(H,22,23,26)/t18-/m1/s1. The number of ether oxygens (including phenoxy) is 2. The Morgan fingerprint density at radius 2 is 2.03 bits per heavy atom. The van der Waals surface area contributed by atoms with E-state index >= 15 is 0 Å². The topological polar surface area (TPSA) is 111 Å². The average Bonchev–Trinajstić information content (AvgIpc) is 3.25. The fourth-order valence-electron chi connectivity index (χ4n) is 3.23. The van der Waals surface area contributed by atoms with Gasteiger partial charge in [0.15, 0.2) is 10.4 Å². The van der Waals surface area contributed by atoms with Gasteiger partial charge in [0.2, 0.25) is 5.13 Å². The number of aromatic nitrogens is 2. The van der Waals surface area contributed by atoms with E-state index in [1.54, 1.807) is 30.3 Å². The van der Waals surface area contributed by atoms with E-state index in [2.05, 4.69) is 15.5 Å². The normalized spacial score (nSPS) is 15.5. The van der Waals surface area contributed by atoms with Gasteiger partial charge >= 0.3 is 0 Å². The number of benzene rings is 2. The number of rotatable bonds is 7. The summed E-state index contributed by atoms with van der Waals surface area (Å²) in [6, 6.07) is 11.3. The molecule has 1 aliphatic heterocycles. The van der Waals surface area contributed by atoms with Gasteiger partial charge in [0.25, 0.3) is 15.9 Å². The lowest BCUT2D eigenvalue weighted by molar-refractivity contribution is -0.122. The van der Waals surface area contributed by atoms with Crippen LogP contribution in [0.15, 0.2) is 51.7 Å². The first-order chi connectivity index (χ1) is 15.8. The summed E-state index contributed by atoms with van der Waals surface area (Å²) < 4.78 is 40.0. The molecule has 3 aromatic rings. The number of fused-ring (bicyclic) bond motifs is 1. The molecule has 0 spiro atoms. The molecule has 0 unspecified atom stereocenters. The molecule has 174 valence electrons. The summed E-state index contributed by atoms with van der Waals surface area (Å²) in [5, 5.41) is 11.0. The summed E-state index contributed by atoms with van der Waals surface area (Å²) in [4.78, 5) is 13.1. The maximum absolute atomic E-state index is 13.5. The van der Waals surface area contributed by atoms with E-state index in [0.29, 0.717) is 22.3 Å². The van der Waals surface area contributed by atoms with Crippen LogP contribution in [0.5, 0.6) is 11.5 Å². The van der Waals surface area contributed by atoms with E-state index < -0.39 is 22.0 Å². The van der Waals surface area contributed by atoms with Crippen LogP contribution in [0.4, 0.5) is 10.8 Å². The van der Waals surface area contributed by atoms with Gasteiger partial charge in [-0.15, -0.1) is 10.2 Å². The zero-order chi connectivity index (χ0) is 23.6. The van der Waals surface area contributed by atoms with Gasteiger partial charge in [-0.25, -0.2) is 8.42 Å². The summed E-state index contributed by atoms with van der Waals surface area (Å²) in [7, 11) is -2.46. The number of amides is 1. The van der Waals surface area contributed by atoms with E-state index in [1.165, 1.54) is 46.6 Å². The monoisotopic (exact) mass is 506 g/mol. The molecule has 0 saturated carbocycles. The molecular formula is C21H22N4O5S3. The van der Waals surface area contributed by atoms with Crippen LogP contribution in [0, 0.1) is 6.92 Å². The van der Waals surface area contributed by atoms with Crippen LogP contribution in [0.3, 0.4) is 0 Å². The van der Waals surface area contributed by atoms with Crippen LogP contribution in [-0.2, 0) is 14.8 Å². The number of sulfonamides is 1. The number of anilines is 2. The van der Waals surface area contributed by atoms with Gasteiger partial charge in [-0.1, -0.05) is 36.1 Å². The van der Waals surface area contributed by atoms with Crippen molar-refractivity contribution < 1.29 is 22.7 Å². The second-order valence-corrected chi connectivity index (χ2v) is 11.4. The molecule has 2 heterocycles. The molecule has 1 aliphatic rings. The van der Waals surface area contributed by atoms with Crippen molar-refractivity contribution in [2.24, 2.45) is 0 Å². The van der Waals surface area contributed by atoms with Crippen molar-refractivity contribution >= 4 is 49.8 Å². The highest BCUT2D eigenvalue weighted by Gasteiger charge is 2.38. The maximum atomic E-state index is 13.5. The highest BCUT2D eigenvalue weighted by molar-refractivity contribution is 8.01. The average molecular weight is 507 g/mol. The quantitative estimate of drug-likeness (QED) is 0.383. The lowest BCUT2D eigenvalue weighted by Crippen LogP contribution is -2.48. The van der Waals surface area contributed by atoms with E-state index in [9.17, 15) is 13.2 Å². The number of carbonyl (C=O) groups is 1. The zero-order valence-electron chi connectivity index (χ0n) is 18.1. The molecule has 0 saturated heterocycles. The van der Waals surface area contributed by atoms with Gasteiger partial charge in [0, 0.05) is 0 Å². The van der Waals surface area contributed by atoms with E-state index in [-0.39, 0.29) is 11.4 Å². The number of nitrogens with zero attached hydrogens (tertiary/aromatic N) is 3. The van der Waals surface area contributed by atoms with E-state index in [0.717, 1.165) is 15.7 Å². The van der Waals surface area contributed by atoms with Crippen molar-refractivity contribution in [3.63, 3.8) is 0 Å². The molecule has 0 fully saturated rings. The first kappa shape index (κ1) is 23.3. The van der Waals surface area contributed by atoms with Gasteiger partial charge in [-0.05, 0) is 54.6 Å². The minimum absolute atomic E-state index is 0.0845. The van der Waals surface area contributed by atoms with Crippen LogP contribution >= 0.6 is 23.1 Å². The van der Waals surface area contributed by atoms with Crippen molar-refractivity contribution in [3.8, 4) is 11.5 Å². The Morgan fingerprint density at radius 3 is 2.73 bits per heavy atom. The Balaban J connectivity index is 1.64. The number of hydrogen-bond acceptors (Lipinski definition) is 9. The molecule has 1 N–H and O–H groups in total. The lowest BCUT2D eigenvalue weighted by atomic mass is 10.1. The minimum Gasteiger partial charge on any atom is -0.497 e. The predicted octanol–water partition coefficient (Wildman–Crippen LogP) is 3.56. The van der Waals surface area contributed by atoms with Crippen molar-refractivity contribution in [1.29, 1.82) is 0 Å². The Morgan fingerprint density at radius 1 is 1.27 bits per heavy atom. The number of aryl methyl sites for hydroxylation is 1. The molecule has 12 heteroatoms. The molecule has 1 amide bonds. The molecule has 33 heavy (non-hydrogen) atoms. The number of methoxy groups -OCH3 is 1.